The third-order valence-electron chi connectivity index (χ3n) is 2.67. The van der Waals surface area contributed by atoms with Crippen molar-refractivity contribution in [3.63, 3.8) is 0 Å². The summed E-state index contributed by atoms with van der Waals surface area (Å²) in [6.07, 6.45) is 3.44. The molecule has 5 heteroatoms. The predicted octanol–water partition coefficient (Wildman–Crippen LogP) is 2.31. The minimum absolute atomic E-state index is 0.274. The van der Waals surface area contributed by atoms with Gasteiger partial charge in [-0.15, -0.1) is 0 Å². The number of furan rings is 1. The molecule has 1 unspecified atom stereocenters. The van der Waals surface area contributed by atoms with E-state index in [1.807, 2.05) is 26.8 Å². The van der Waals surface area contributed by atoms with E-state index >= 15 is 0 Å². The van der Waals surface area contributed by atoms with Crippen LogP contribution in [0.15, 0.2) is 22.6 Å². The van der Waals surface area contributed by atoms with Crippen molar-refractivity contribution in [1.29, 1.82) is 0 Å². The van der Waals surface area contributed by atoms with E-state index in [9.17, 15) is 9.59 Å². The maximum absolute atomic E-state index is 11.8. The van der Waals surface area contributed by atoms with Gasteiger partial charge in [-0.3, -0.25) is 4.79 Å². The van der Waals surface area contributed by atoms with Crippen molar-refractivity contribution in [1.82, 2.24) is 5.32 Å². The number of carbonyl (C=O) groups is 2. The van der Waals surface area contributed by atoms with Crippen LogP contribution in [0, 0.1) is 12.8 Å². The summed E-state index contributed by atoms with van der Waals surface area (Å²) in [7, 11) is 1.31. The zero-order valence-corrected chi connectivity index (χ0v) is 12.3. The van der Waals surface area contributed by atoms with Gasteiger partial charge in [0, 0.05) is 6.08 Å². The molecule has 20 heavy (non-hydrogen) atoms. The monoisotopic (exact) mass is 279 g/mol. The number of ether oxygens (including phenoxy) is 1. The molecule has 0 aliphatic rings. The second-order valence-corrected chi connectivity index (χ2v) is 5.00. The molecule has 1 heterocycles. The normalized spacial score (nSPS) is 12.7. The maximum Gasteiger partial charge on any atom is 0.328 e. The van der Waals surface area contributed by atoms with Gasteiger partial charge in [-0.25, -0.2) is 4.79 Å². The van der Waals surface area contributed by atoms with E-state index in [2.05, 4.69) is 10.1 Å². The Balaban J connectivity index is 2.61. The van der Waals surface area contributed by atoms with Crippen molar-refractivity contribution in [2.75, 3.05) is 7.11 Å². The minimum atomic E-state index is -0.629. The zero-order valence-electron chi connectivity index (χ0n) is 12.3. The molecule has 1 aromatic heterocycles. The Labute approximate surface area is 119 Å². The Morgan fingerprint density at radius 3 is 2.60 bits per heavy atom. The molecule has 0 aliphatic carbocycles. The van der Waals surface area contributed by atoms with E-state index in [1.54, 1.807) is 12.1 Å². The van der Waals surface area contributed by atoms with E-state index in [0.717, 1.165) is 5.76 Å². The van der Waals surface area contributed by atoms with Crippen molar-refractivity contribution in [3.8, 4) is 0 Å². The molecule has 0 radical (unpaired) electrons. The molecule has 1 aromatic rings. The highest BCUT2D eigenvalue weighted by atomic mass is 16.5. The second kappa shape index (κ2) is 7.53. The average Bonchev–Trinajstić information content (AvgIpc) is 2.80. The molecule has 1 atom stereocenters. The van der Waals surface area contributed by atoms with Gasteiger partial charge in [0.2, 0.25) is 5.91 Å². The number of hydrogen-bond donors (Lipinski definition) is 1. The van der Waals surface area contributed by atoms with E-state index < -0.39 is 12.0 Å². The summed E-state index contributed by atoms with van der Waals surface area (Å²) in [5.41, 5.74) is 0. The highest BCUT2D eigenvalue weighted by molar-refractivity contribution is 5.94. The van der Waals surface area contributed by atoms with Gasteiger partial charge in [-0.1, -0.05) is 13.8 Å². The highest BCUT2D eigenvalue weighted by Crippen LogP contribution is 2.09. The first-order valence-electron chi connectivity index (χ1n) is 6.55. The van der Waals surface area contributed by atoms with Gasteiger partial charge in [-0.2, -0.15) is 0 Å². The first-order chi connectivity index (χ1) is 9.42. The van der Waals surface area contributed by atoms with Crippen LogP contribution in [0.25, 0.3) is 6.08 Å². The number of hydrogen-bond acceptors (Lipinski definition) is 4. The van der Waals surface area contributed by atoms with Crippen LogP contribution in [0.5, 0.6) is 0 Å². The molecule has 0 bridgehead atoms. The van der Waals surface area contributed by atoms with E-state index in [4.69, 9.17) is 4.42 Å². The molecule has 0 aliphatic heterocycles. The zero-order chi connectivity index (χ0) is 15.1. The molecular weight excluding hydrogens is 258 g/mol. The Morgan fingerprint density at radius 1 is 1.40 bits per heavy atom. The number of amides is 1. The molecule has 5 nitrogen and oxygen atoms in total. The van der Waals surface area contributed by atoms with E-state index in [-0.39, 0.29) is 11.8 Å². The molecule has 1 rings (SSSR count). The molecule has 0 fully saturated rings. The quantitative estimate of drug-likeness (QED) is 0.641. The van der Waals surface area contributed by atoms with Gasteiger partial charge in [0.1, 0.15) is 17.6 Å². The fourth-order valence-electron chi connectivity index (χ4n) is 1.75. The molecule has 0 aromatic carbocycles. The van der Waals surface area contributed by atoms with Gasteiger partial charge in [-0.05, 0) is 37.5 Å². The summed E-state index contributed by atoms with van der Waals surface area (Å²) < 4.78 is 10.00. The van der Waals surface area contributed by atoms with Crippen LogP contribution in [0.3, 0.4) is 0 Å². The highest BCUT2D eigenvalue weighted by Gasteiger charge is 2.21. The molecule has 0 saturated carbocycles. The van der Waals surface area contributed by atoms with Crippen molar-refractivity contribution in [2.24, 2.45) is 5.92 Å². The lowest BCUT2D eigenvalue weighted by molar-refractivity contribution is -0.145. The number of carbonyl (C=O) groups excluding carboxylic acids is 2. The summed E-state index contributed by atoms with van der Waals surface area (Å²) in [5.74, 6) is 0.855. The van der Waals surface area contributed by atoms with E-state index in [0.29, 0.717) is 12.2 Å². The lowest BCUT2D eigenvalue weighted by Gasteiger charge is -2.17. The number of nitrogens with one attached hydrogen (secondary N) is 1. The Morgan fingerprint density at radius 2 is 2.10 bits per heavy atom. The number of rotatable bonds is 6. The molecular formula is C15H21NO4. The topological polar surface area (TPSA) is 68.5 Å². The largest absolute Gasteiger partial charge is 0.467 e. The third kappa shape index (κ3) is 5.30. The third-order valence-corrected chi connectivity index (χ3v) is 2.67. The number of methoxy groups -OCH3 is 1. The van der Waals surface area contributed by atoms with Gasteiger partial charge in [0.05, 0.1) is 7.11 Å². The van der Waals surface area contributed by atoms with E-state index in [1.165, 1.54) is 13.2 Å². The Bertz CT molecular complexity index is 488. The van der Waals surface area contributed by atoms with Crippen LogP contribution in [0.4, 0.5) is 0 Å². The summed E-state index contributed by atoms with van der Waals surface area (Å²) in [6.45, 7) is 5.78. The SMILES string of the molecule is COC(=O)C(CC(C)C)NC(=O)/C=C/c1ccc(C)o1. The van der Waals surface area contributed by atoms with Crippen LogP contribution in [0.1, 0.15) is 31.8 Å². The average molecular weight is 279 g/mol. The Kier molecular flexibility index (Phi) is 6.03. The molecule has 1 amide bonds. The standard InChI is InChI=1S/C15H21NO4/c1-10(2)9-13(15(18)19-4)16-14(17)8-7-12-6-5-11(3)20-12/h5-8,10,13H,9H2,1-4H3,(H,16,17)/b8-7+. The van der Waals surface area contributed by atoms with Crippen molar-refractivity contribution < 1.29 is 18.7 Å². The first-order valence-corrected chi connectivity index (χ1v) is 6.55. The number of aryl methyl sites for hydroxylation is 1. The maximum atomic E-state index is 11.8. The fourth-order valence-corrected chi connectivity index (χ4v) is 1.75. The van der Waals surface area contributed by atoms with Gasteiger partial charge in [0.25, 0.3) is 0 Å². The van der Waals surface area contributed by atoms with Crippen LogP contribution < -0.4 is 5.32 Å². The summed E-state index contributed by atoms with van der Waals surface area (Å²) in [4.78, 5) is 23.4. The fraction of sp³-hybridized carbons (Fsp3) is 0.467. The van der Waals surface area contributed by atoms with Crippen LogP contribution in [-0.2, 0) is 14.3 Å². The van der Waals surface area contributed by atoms with Gasteiger partial charge in [0.15, 0.2) is 0 Å². The van der Waals surface area contributed by atoms with Crippen LogP contribution in [-0.4, -0.2) is 25.0 Å². The predicted molar refractivity (Wildman–Crippen MR) is 75.9 cm³/mol. The first kappa shape index (κ1) is 16.0. The number of esters is 1. The molecule has 1 N–H and O–H groups in total. The smallest absolute Gasteiger partial charge is 0.328 e. The van der Waals surface area contributed by atoms with Crippen LogP contribution in [0.2, 0.25) is 0 Å². The van der Waals surface area contributed by atoms with Gasteiger partial charge >= 0.3 is 5.97 Å². The van der Waals surface area contributed by atoms with Crippen LogP contribution >= 0.6 is 0 Å². The minimum Gasteiger partial charge on any atom is -0.467 e. The molecule has 0 spiro atoms. The Hall–Kier alpha value is -2.04. The summed E-state index contributed by atoms with van der Waals surface area (Å²) in [5, 5.41) is 2.63. The van der Waals surface area contributed by atoms with Crippen molar-refractivity contribution in [3.05, 3.63) is 29.7 Å². The molecule has 110 valence electrons. The summed E-state index contributed by atoms with van der Waals surface area (Å²) >= 11 is 0. The second-order valence-electron chi connectivity index (χ2n) is 5.00. The summed E-state index contributed by atoms with van der Waals surface area (Å²) in [6, 6.07) is 2.95. The lowest BCUT2D eigenvalue weighted by atomic mass is 10.0. The molecule has 0 saturated heterocycles. The van der Waals surface area contributed by atoms with Crippen molar-refractivity contribution in [2.45, 2.75) is 33.2 Å². The van der Waals surface area contributed by atoms with Crippen molar-refractivity contribution >= 4 is 18.0 Å². The van der Waals surface area contributed by atoms with Gasteiger partial charge < -0.3 is 14.5 Å². The lowest BCUT2D eigenvalue weighted by Crippen LogP contribution is -2.41.